The Labute approximate surface area is 144 Å². The van der Waals surface area contributed by atoms with E-state index in [4.69, 9.17) is 4.74 Å². The van der Waals surface area contributed by atoms with Crippen LogP contribution in [-0.2, 0) is 4.74 Å². The Kier molecular flexibility index (Phi) is 5.14. The molecule has 0 bridgehead atoms. The van der Waals surface area contributed by atoms with Crippen molar-refractivity contribution >= 4 is 17.7 Å². The molecule has 3 fully saturated rings. The van der Waals surface area contributed by atoms with E-state index >= 15 is 0 Å². The molecule has 23 heavy (non-hydrogen) atoms. The lowest BCUT2D eigenvalue weighted by molar-refractivity contribution is -0.188. The molecule has 4 unspecified atom stereocenters. The second-order valence-corrected chi connectivity index (χ2v) is 8.87. The minimum absolute atomic E-state index is 0.126. The summed E-state index contributed by atoms with van der Waals surface area (Å²) >= 11 is 1.81. The zero-order chi connectivity index (χ0) is 16.5. The van der Waals surface area contributed by atoms with Gasteiger partial charge in [-0.15, -0.1) is 0 Å². The number of hydrogen-bond donors (Lipinski definition) is 3. The molecule has 132 valence electrons. The number of ether oxygens (including phenoxy) is 1. The van der Waals surface area contributed by atoms with Crippen molar-refractivity contribution in [3.05, 3.63) is 0 Å². The first-order valence-corrected chi connectivity index (χ1v) is 10.1. The standard InChI is InChI=1S/C17H31N3O2S/c1-4-18-15(19-10-17(21)7-9-23-11-17)20-13-12-6-5-8-22-14(12)16(13,2)3/h12-14,21H,4-11H2,1-3H3,(H2,18,19,20). The van der Waals surface area contributed by atoms with Crippen molar-refractivity contribution in [3.8, 4) is 0 Å². The van der Waals surface area contributed by atoms with Gasteiger partial charge < -0.3 is 20.5 Å². The van der Waals surface area contributed by atoms with Crippen LogP contribution in [0.25, 0.3) is 0 Å². The fourth-order valence-electron chi connectivity index (χ4n) is 4.23. The summed E-state index contributed by atoms with van der Waals surface area (Å²) in [7, 11) is 0. The number of aliphatic hydroxyl groups is 1. The average molecular weight is 342 g/mol. The van der Waals surface area contributed by atoms with Crippen LogP contribution in [-0.4, -0.2) is 60.0 Å². The average Bonchev–Trinajstić information content (AvgIpc) is 2.97. The molecule has 6 heteroatoms. The highest BCUT2D eigenvalue weighted by atomic mass is 32.2. The molecule has 3 aliphatic rings. The number of nitrogens with one attached hydrogen (secondary N) is 2. The van der Waals surface area contributed by atoms with E-state index in [1.165, 1.54) is 6.42 Å². The van der Waals surface area contributed by atoms with Crippen molar-refractivity contribution in [3.63, 3.8) is 0 Å². The third kappa shape index (κ3) is 3.49. The second-order valence-electron chi connectivity index (χ2n) is 7.76. The van der Waals surface area contributed by atoms with E-state index in [9.17, 15) is 5.11 Å². The molecule has 0 aromatic heterocycles. The molecule has 0 spiro atoms. The summed E-state index contributed by atoms with van der Waals surface area (Å²) in [6.07, 6.45) is 3.59. The predicted octanol–water partition coefficient (Wildman–Crippen LogP) is 1.61. The Bertz CT molecular complexity index is 449. The predicted molar refractivity (Wildman–Crippen MR) is 96.0 cm³/mol. The molecule has 4 atom stereocenters. The van der Waals surface area contributed by atoms with Gasteiger partial charge in [0.2, 0.25) is 0 Å². The quantitative estimate of drug-likeness (QED) is 0.536. The van der Waals surface area contributed by atoms with E-state index in [-0.39, 0.29) is 5.41 Å². The van der Waals surface area contributed by atoms with E-state index in [0.717, 1.165) is 43.5 Å². The normalized spacial score (nSPS) is 39.5. The van der Waals surface area contributed by atoms with Crippen molar-refractivity contribution in [2.45, 2.75) is 57.8 Å². The number of thioether (sulfide) groups is 1. The molecule has 0 aromatic rings. The number of guanidine groups is 1. The lowest BCUT2D eigenvalue weighted by Gasteiger charge is -2.60. The Balaban J connectivity index is 1.64. The minimum atomic E-state index is -0.626. The van der Waals surface area contributed by atoms with Gasteiger partial charge in [0, 0.05) is 36.3 Å². The largest absolute Gasteiger partial charge is 0.387 e. The lowest BCUT2D eigenvalue weighted by atomic mass is 9.55. The minimum Gasteiger partial charge on any atom is -0.387 e. The first kappa shape index (κ1) is 17.4. The van der Waals surface area contributed by atoms with Crippen molar-refractivity contribution in [1.82, 2.24) is 10.6 Å². The molecule has 3 N–H and O–H groups in total. The smallest absolute Gasteiger partial charge is 0.191 e. The second kappa shape index (κ2) is 6.81. The number of fused-ring (bicyclic) bond motifs is 1. The van der Waals surface area contributed by atoms with Crippen molar-refractivity contribution in [2.24, 2.45) is 16.3 Å². The Hall–Kier alpha value is -0.460. The molecule has 2 heterocycles. The Morgan fingerprint density at radius 1 is 1.43 bits per heavy atom. The van der Waals surface area contributed by atoms with Gasteiger partial charge in [-0.05, 0) is 31.9 Å². The molecule has 2 aliphatic heterocycles. The van der Waals surface area contributed by atoms with Gasteiger partial charge in [-0.25, -0.2) is 0 Å². The van der Waals surface area contributed by atoms with Crippen LogP contribution in [0.2, 0.25) is 0 Å². The van der Waals surface area contributed by atoms with Crippen LogP contribution >= 0.6 is 11.8 Å². The molecular weight excluding hydrogens is 310 g/mol. The third-order valence-corrected chi connectivity index (χ3v) is 6.82. The highest BCUT2D eigenvalue weighted by molar-refractivity contribution is 7.99. The Morgan fingerprint density at radius 3 is 2.96 bits per heavy atom. The number of hydrogen-bond acceptors (Lipinski definition) is 4. The van der Waals surface area contributed by atoms with E-state index in [0.29, 0.717) is 24.6 Å². The maximum Gasteiger partial charge on any atom is 0.191 e. The first-order valence-electron chi connectivity index (χ1n) is 8.93. The monoisotopic (exact) mass is 341 g/mol. The van der Waals surface area contributed by atoms with E-state index < -0.39 is 5.60 Å². The van der Waals surface area contributed by atoms with Crippen LogP contribution < -0.4 is 10.6 Å². The van der Waals surface area contributed by atoms with Gasteiger partial charge in [0.05, 0.1) is 18.2 Å². The summed E-state index contributed by atoms with van der Waals surface area (Å²) < 4.78 is 5.98. The van der Waals surface area contributed by atoms with Gasteiger partial charge >= 0.3 is 0 Å². The summed E-state index contributed by atoms with van der Waals surface area (Å²) in [5, 5.41) is 17.5. The maximum atomic E-state index is 10.5. The number of rotatable bonds is 4. The topological polar surface area (TPSA) is 65.9 Å². The number of aliphatic imine (C=N–C) groups is 1. The highest BCUT2D eigenvalue weighted by Crippen LogP contribution is 2.51. The van der Waals surface area contributed by atoms with Crippen LogP contribution in [0.15, 0.2) is 4.99 Å². The van der Waals surface area contributed by atoms with Crippen molar-refractivity contribution in [2.75, 3.05) is 31.2 Å². The molecule has 3 rings (SSSR count). The SMILES string of the molecule is CCNC(=NCC1(O)CCSC1)NC1C2CCCOC2C1(C)C. The maximum absolute atomic E-state index is 10.5. The molecule has 2 saturated heterocycles. The Morgan fingerprint density at radius 2 is 2.26 bits per heavy atom. The van der Waals surface area contributed by atoms with Gasteiger partial charge in [0.25, 0.3) is 0 Å². The summed E-state index contributed by atoms with van der Waals surface area (Å²) in [5.41, 5.74) is -0.500. The van der Waals surface area contributed by atoms with Crippen molar-refractivity contribution < 1.29 is 9.84 Å². The van der Waals surface area contributed by atoms with Crippen LogP contribution in [0.1, 0.15) is 40.0 Å². The zero-order valence-electron chi connectivity index (χ0n) is 14.6. The van der Waals surface area contributed by atoms with E-state index in [2.05, 4.69) is 36.4 Å². The molecule has 1 aliphatic carbocycles. The third-order valence-electron chi connectivity index (χ3n) is 5.58. The molecule has 0 amide bonds. The summed E-state index contributed by atoms with van der Waals surface area (Å²) in [5.74, 6) is 3.24. The summed E-state index contributed by atoms with van der Waals surface area (Å²) in [6.45, 7) is 8.85. The molecule has 0 radical (unpaired) electrons. The first-order chi connectivity index (χ1) is 11.0. The van der Waals surface area contributed by atoms with Crippen molar-refractivity contribution in [1.29, 1.82) is 0 Å². The molecule has 1 saturated carbocycles. The van der Waals surface area contributed by atoms with Gasteiger partial charge in [-0.3, -0.25) is 4.99 Å². The van der Waals surface area contributed by atoms with Crippen LogP contribution in [0.5, 0.6) is 0 Å². The zero-order valence-corrected chi connectivity index (χ0v) is 15.4. The van der Waals surface area contributed by atoms with Gasteiger partial charge in [0.15, 0.2) is 5.96 Å². The highest BCUT2D eigenvalue weighted by Gasteiger charge is 2.58. The van der Waals surface area contributed by atoms with E-state index in [1.807, 2.05) is 11.8 Å². The summed E-state index contributed by atoms with van der Waals surface area (Å²) in [4.78, 5) is 4.68. The van der Waals surface area contributed by atoms with E-state index in [1.54, 1.807) is 0 Å². The molecule has 5 nitrogen and oxygen atoms in total. The summed E-state index contributed by atoms with van der Waals surface area (Å²) in [6, 6.07) is 0.387. The van der Waals surface area contributed by atoms with Gasteiger partial charge in [0.1, 0.15) is 0 Å². The van der Waals surface area contributed by atoms with Crippen LogP contribution in [0.3, 0.4) is 0 Å². The van der Waals surface area contributed by atoms with Gasteiger partial charge in [-0.2, -0.15) is 11.8 Å². The fourth-order valence-corrected chi connectivity index (χ4v) is 5.51. The fraction of sp³-hybridized carbons (Fsp3) is 0.941. The van der Waals surface area contributed by atoms with Crippen LogP contribution in [0, 0.1) is 11.3 Å². The molecular formula is C17H31N3O2S. The molecule has 0 aromatic carbocycles. The van der Waals surface area contributed by atoms with Crippen LogP contribution in [0.4, 0.5) is 0 Å². The van der Waals surface area contributed by atoms with Gasteiger partial charge in [-0.1, -0.05) is 13.8 Å². The number of nitrogens with zero attached hydrogens (tertiary/aromatic N) is 1. The lowest BCUT2D eigenvalue weighted by Crippen LogP contribution is -2.71.